The van der Waals surface area contributed by atoms with Crippen LogP contribution in [0.2, 0.25) is 0 Å². The average molecular weight is 223 g/mol. The molecule has 0 aliphatic heterocycles. The molecule has 0 aliphatic carbocycles. The van der Waals surface area contributed by atoms with Crippen molar-refractivity contribution >= 4 is 0 Å². The van der Waals surface area contributed by atoms with Gasteiger partial charge in [-0.1, -0.05) is 30.3 Å². The second-order valence-corrected chi connectivity index (χ2v) is 3.97. The van der Waals surface area contributed by atoms with Gasteiger partial charge in [-0.15, -0.1) is 0 Å². The fourth-order valence-electron chi connectivity index (χ4n) is 1.99. The van der Waals surface area contributed by atoms with Crippen molar-refractivity contribution in [2.24, 2.45) is 0 Å². The molecule has 17 heavy (non-hydrogen) atoms. The van der Waals surface area contributed by atoms with Crippen molar-refractivity contribution in [2.75, 3.05) is 0 Å². The number of hydrogen-bond donors (Lipinski definition) is 0. The summed E-state index contributed by atoms with van der Waals surface area (Å²) in [6, 6.07) is 18.5. The molecular formula is C15H13NO. The van der Waals surface area contributed by atoms with E-state index in [0.29, 0.717) is 0 Å². The molecule has 2 heteroatoms. The van der Waals surface area contributed by atoms with Crippen molar-refractivity contribution < 1.29 is 4.42 Å². The maximum absolute atomic E-state index is 5.38. The fourth-order valence-corrected chi connectivity index (χ4v) is 1.99. The molecule has 3 aromatic rings. The van der Waals surface area contributed by atoms with Gasteiger partial charge in [0.2, 0.25) is 0 Å². The summed E-state index contributed by atoms with van der Waals surface area (Å²) < 4.78 is 7.57. The molecule has 0 bridgehead atoms. The first-order valence-corrected chi connectivity index (χ1v) is 5.66. The Labute approximate surface area is 100 Å². The molecule has 0 radical (unpaired) electrons. The van der Waals surface area contributed by atoms with Crippen LogP contribution in [0.15, 0.2) is 71.5 Å². The Hall–Kier alpha value is -2.22. The van der Waals surface area contributed by atoms with Crippen LogP contribution in [-0.4, -0.2) is 4.57 Å². The Morgan fingerprint density at radius 3 is 2.53 bits per heavy atom. The lowest BCUT2D eigenvalue weighted by molar-refractivity contribution is 0.495. The summed E-state index contributed by atoms with van der Waals surface area (Å²) in [6.45, 7) is 0.768. The molecular weight excluding hydrogens is 210 g/mol. The molecule has 0 aliphatic rings. The predicted octanol–water partition coefficient (Wildman–Crippen LogP) is 3.80. The minimum absolute atomic E-state index is 0.768. The monoisotopic (exact) mass is 223 g/mol. The zero-order valence-corrected chi connectivity index (χ0v) is 9.41. The highest BCUT2D eigenvalue weighted by Gasteiger charge is 2.04. The summed E-state index contributed by atoms with van der Waals surface area (Å²) >= 11 is 0. The van der Waals surface area contributed by atoms with Gasteiger partial charge in [0.25, 0.3) is 0 Å². The molecule has 1 aromatic carbocycles. The topological polar surface area (TPSA) is 18.1 Å². The number of nitrogens with zero attached hydrogens (tertiary/aromatic N) is 1. The summed E-state index contributed by atoms with van der Waals surface area (Å²) in [5, 5.41) is 0. The number of hydrogen-bond acceptors (Lipinski definition) is 1. The van der Waals surface area contributed by atoms with Crippen LogP contribution in [-0.2, 0) is 6.54 Å². The summed E-state index contributed by atoms with van der Waals surface area (Å²) in [5.41, 5.74) is 2.44. The second kappa shape index (κ2) is 4.34. The minimum atomic E-state index is 0.768. The van der Waals surface area contributed by atoms with Crippen molar-refractivity contribution in [3.05, 3.63) is 72.8 Å². The highest BCUT2D eigenvalue weighted by molar-refractivity contribution is 5.59. The number of aromatic nitrogens is 1. The SMILES string of the molecule is c1ccc(-c2cccn2Cc2ccco2)cc1. The van der Waals surface area contributed by atoms with E-state index in [4.69, 9.17) is 4.42 Å². The minimum Gasteiger partial charge on any atom is -0.467 e. The van der Waals surface area contributed by atoms with Crippen LogP contribution in [0.1, 0.15) is 5.76 Å². The van der Waals surface area contributed by atoms with E-state index in [1.807, 2.05) is 18.2 Å². The fraction of sp³-hybridized carbons (Fsp3) is 0.0667. The van der Waals surface area contributed by atoms with Gasteiger partial charge in [0.05, 0.1) is 12.8 Å². The van der Waals surface area contributed by atoms with E-state index in [0.717, 1.165) is 12.3 Å². The molecule has 3 rings (SSSR count). The predicted molar refractivity (Wildman–Crippen MR) is 67.7 cm³/mol. The number of rotatable bonds is 3. The third-order valence-electron chi connectivity index (χ3n) is 2.81. The Morgan fingerprint density at radius 2 is 1.76 bits per heavy atom. The molecule has 0 unspecified atom stereocenters. The average Bonchev–Trinajstić information content (AvgIpc) is 3.02. The van der Waals surface area contributed by atoms with Crippen molar-refractivity contribution in [1.82, 2.24) is 4.57 Å². The summed E-state index contributed by atoms with van der Waals surface area (Å²) in [6.07, 6.45) is 3.78. The van der Waals surface area contributed by atoms with Crippen molar-refractivity contribution in [2.45, 2.75) is 6.54 Å². The van der Waals surface area contributed by atoms with Gasteiger partial charge < -0.3 is 8.98 Å². The molecule has 2 nitrogen and oxygen atoms in total. The smallest absolute Gasteiger partial charge is 0.123 e. The highest BCUT2D eigenvalue weighted by atomic mass is 16.3. The molecule has 0 saturated heterocycles. The van der Waals surface area contributed by atoms with Crippen LogP contribution in [0.5, 0.6) is 0 Å². The van der Waals surface area contributed by atoms with Gasteiger partial charge in [0.15, 0.2) is 0 Å². The van der Waals surface area contributed by atoms with E-state index in [1.165, 1.54) is 11.3 Å². The van der Waals surface area contributed by atoms with Gasteiger partial charge in [-0.3, -0.25) is 0 Å². The Bertz CT molecular complexity index is 578. The Balaban J connectivity index is 1.95. The molecule has 0 saturated carbocycles. The van der Waals surface area contributed by atoms with Crippen LogP contribution < -0.4 is 0 Å². The van der Waals surface area contributed by atoms with E-state index in [9.17, 15) is 0 Å². The second-order valence-electron chi connectivity index (χ2n) is 3.97. The van der Waals surface area contributed by atoms with Gasteiger partial charge in [0, 0.05) is 11.9 Å². The largest absolute Gasteiger partial charge is 0.467 e. The summed E-state index contributed by atoms with van der Waals surface area (Å²) in [7, 11) is 0. The van der Waals surface area contributed by atoms with Crippen LogP contribution in [0.3, 0.4) is 0 Å². The zero-order valence-electron chi connectivity index (χ0n) is 9.41. The Morgan fingerprint density at radius 1 is 0.882 bits per heavy atom. The van der Waals surface area contributed by atoms with Crippen molar-refractivity contribution in [1.29, 1.82) is 0 Å². The summed E-state index contributed by atoms with van der Waals surface area (Å²) in [5.74, 6) is 0.971. The lowest BCUT2D eigenvalue weighted by atomic mass is 10.1. The molecule has 0 atom stereocenters. The third kappa shape index (κ3) is 2.02. The Kier molecular flexibility index (Phi) is 2.54. The molecule has 0 spiro atoms. The first-order valence-electron chi connectivity index (χ1n) is 5.66. The number of furan rings is 1. The van der Waals surface area contributed by atoms with Gasteiger partial charge in [0.1, 0.15) is 5.76 Å². The normalized spacial score (nSPS) is 10.6. The van der Waals surface area contributed by atoms with Crippen molar-refractivity contribution in [3.8, 4) is 11.3 Å². The van der Waals surface area contributed by atoms with Crippen molar-refractivity contribution in [3.63, 3.8) is 0 Å². The van der Waals surface area contributed by atoms with E-state index in [2.05, 4.69) is 47.2 Å². The molecule has 84 valence electrons. The molecule has 0 amide bonds. The molecule has 2 aromatic heterocycles. The highest BCUT2D eigenvalue weighted by Crippen LogP contribution is 2.20. The lowest BCUT2D eigenvalue weighted by Crippen LogP contribution is -1.98. The van der Waals surface area contributed by atoms with E-state index < -0.39 is 0 Å². The van der Waals surface area contributed by atoms with Gasteiger partial charge in [-0.2, -0.15) is 0 Å². The standard InChI is InChI=1S/C15H13NO/c1-2-6-13(7-3-1)15-9-4-10-16(15)12-14-8-5-11-17-14/h1-11H,12H2. The first-order chi connectivity index (χ1) is 8.43. The van der Waals surface area contributed by atoms with Gasteiger partial charge in [-0.25, -0.2) is 0 Å². The maximum atomic E-state index is 5.38. The van der Waals surface area contributed by atoms with Crippen LogP contribution in [0, 0.1) is 0 Å². The molecule has 0 fully saturated rings. The maximum Gasteiger partial charge on any atom is 0.123 e. The van der Waals surface area contributed by atoms with Gasteiger partial charge in [-0.05, 0) is 29.8 Å². The lowest BCUT2D eigenvalue weighted by Gasteiger charge is -2.07. The zero-order chi connectivity index (χ0) is 11.5. The van der Waals surface area contributed by atoms with Crippen LogP contribution in [0.25, 0.3) is 11.3 Å². The molecule has 0 N–H and O–H groups in total. The van der Waals surface area contributed by atoms with E-state index >= 15 is 0 Å². The third-order valence-corrected chi connectivity index (χ3v) is 2.81. The quantitative estimate of drug-likeness (QED) is 0.660. The molecule has 2 heterocycles. The van der Waals surface area contributed by atoms with Crippen LogP contribution in [0.4, 0.5) is 0 Å². The van der Waals surface area contributed by atoms with E-state index in [-0.39, 0.29) is 0 Å². The first kappa shape index (κ1) is 9.97. The van der Waals surface area contributed by atoms with Gasteiger partial charge >= 0.3 is 0 Å². The summed E-state index contributed by atoms with van der Waals surface area (Å²) in [4.78, 5) is 0. The van der Waals surface area contributed by atoms with E-state index in [1.54, 1.807) is 6.26 Å². The van der Waals surface area contributed by atoms with Crippen LogP contribution >= 0.6 is 0 Å². The number of benzene rings is 1.